The third-order valence-corrected chi connectivity index (χ3v) is 5.90. The van der Waals surface area contributed by atoms with E-state index in [1.54, 1.807) is 40.4 Å². The third kappa shape index (κ3) is 5.16. The van der Waals surface area contributed by atoms with Gasteiger partial charge in [0, 0.05) is 17.2 Å². The molecule has 37 heavy (non-hydrogen) atoms. The summed E-state index contributed by atoms with van der Waals surface area (Å²) in [5, 5.41) is 7.72. The molecule has 9 nitrogen and oxygen atoms in total. The molecule has 2 aromatic heterocycles. The third-order valence-electron chi connectivity index (χ3n) is 5.90. The Morgan fingerprint density at radius 2 is 1.70 bits per heavy atom. The number of hydrogen-bond acceptors (Lipinski definition) is 7. The lowest BCUT2D eigenvalue weighted by Gasteiger charge is -2.14. The van der Waals surface area contributed by atoms with Gasteiger partial charge in [0.25, 0.3) is 0 Å². The number of aromatic amines is 1. The van der Waals surface area contributed by atoms with Crippen LogP contribution in [-0.2, 0) is 10.2 Å². The van der Waals surface area contributed by atoms with E-state index < -0.39 is 0 Å². The van der Waals surface area contributed by atoms with Crippen LogP contribution in [0.1, 0.15) is 55.1 Å². The Morgan fingerprint density at radius 3 is 2.27 bits per heavy atom. The summed E-state index contributed by atoms with van der Waals surface area (Å²) < 4.78 is 23.5. The lowest BCUT2D eigenvalue weighted by molar-refractivity contribution is 0.0526. The number of ether oxygens (including phenoxy) is 4. The minimum absolute atomic E-state index is 0.106. The Morgan fingerprint density at radius 1 is 1.00 bits per heavy atom. The van der Waals surface area contributed by atoms with Gasteiger partial charge in [0.2, 0.25) is 5.75 Å². The lowest BCUT2D eigenvalue weighted by Crippen LogP contribution is -2.11. The van der Waals surface area contributed by atoms with Gasteiger partial charge >= 0.3 is 5.97 Å². The largest absolute Gasteiger partial charge is 0.493 e. The van der Waals surface area contributed by atoms with Crippen molar-refractivity contribution >= 4 is 29.2 Å². The predicted octanol–water partition coefficient (Wildman–Crippen LogP) is 5.42. The normalized spacial score (nSPS) is 11.8. The first-order valence-electron chi connectivity index (χ1n) is 11.9. The summed E-state index contributed by atoms with van der Waals surface area (Å²) in [5.74, 6) is 2.57. The maximum Gasteiger partial charge on any atom is 0.338 e. The van der Waals surface area contributed by atoms with Crippen molar-refractivity contribution in [3.8, 4) is 23.1 Å². The summed E-state index contributed by atoms with van der Waals surface area (Å²) in [6, 6.07) is 11.1. The van der Waals surface area contributed by atoms with Gasteiger partial charge in [0.1, 0.15) is 5.82 Å². The summed E-state index contributed by atoms with van der Waals surface area (Å²) in [6.07, 6.45) is 3.79. The molecule has 0 unspecified atom stereocenters. The first kappa shape index (κ1) is 25.8. The molecule has 0 spiro atoms. The highest BCUT2D eigenvalue weighted by atomic mass is 16.5. The maximum atomic E-state index is 12.3. The Kier molecular flexibility index (Phi) is 7.24. The predicted molar refractivity (Wildman–Crippen MR) is 143 cm³/mol. The van der Waals surface area contributed by atoms with Crippen LogP contribution in [0.4, 0.5) is 0 Å². The van der Waals surface area contributed by atoms with Crippen molar-refractivity contribution < 1.29 is 23.7 Å². The van der Waals surface area contributed by atoms with Crippen LogP contribution in [0.25, 0.3) is 29.0 Å². The molecule has 0 saturated heterocycles. The summed E-state index contributed by atoms with van der Waals surface area (Å²) in [7, 11) is 4.73. The average Bonchev–Trinajstić information content (AvgIpc) is 3.51. The van der Waals surface area contributed by atoms with Gasteiger partial charge in [-0.1, -0.05) is 26.8 Å². The molecule has 0 amide bonds. The molecule has 2 heterocycles. The van der Waals surface area contributed by atoms with Crippen LogP contribution in [-0.4, -0.2) is 53.7 Å². The molecule has 0 aliphatic carbocycles. The molecule has 4 rings (SSSR count). The highest BCUT2D eigenvalue weighted by Crippen LogP contribution is 2.38. The van der Waals surface area contributed by atoms with Crippen LogP contribution in [0, 0.1) is 0 Å². The summed E-state index contributed by atoms with van der Waals surface area (Å²) in [5.41, 5.74) is 3.62. The van der Waals surface area contributed by atoms with Gasteiger partial charge in [-0.05, 0) is 48.9 Å². The number of nitrogens with zero attached hydrogens (tertiary/aromatic N) is 3. The number of esters is 1. The second-order valence-corrected chi connectivity index (χ2v) is 9.41. The van der Waals surface area contributed by atoms with Crippen LogP contribution in [0.5, 0.6) is 17.2 Å². The minimum atomic E-state index is -0.386. The fraction of sp³-hybridized carbons (Fsp3) is 0.321. The summed E-state index contributed by atoms with van der Waals surface area (Å²) >= 11 is 0. The number of benzene rings is 2. The van der Waals surface area contributed by atoms with E-state index in [0.717, 1.165) is 16.8 Å². The lowest BCUT2D eigenvalue weighted by atomic mass is 9.92. The highest BCUT2D eigenvalue weighted by Gasteiger charge is 2.21. The molecule has 0 fully saturated rings. The topological polar surface area (TPSA) is 100 Å². The van der Waals surface area contributed by atoms with Crippen molar-refractivity contribution in [2.75, 3.05) is 27.9 Å². The van der Waals surface area contributed by atoms with Gasteiger partial charge in [-0.15, -0.1) is 0 Å². The van der Waals surface area contributed by atoms with Gasteiger partial charge in [-0.3, -0.25) is 9.67 Å². The number of methoxy groups -OCH3 is 3. The van der Waals surface area contributed by atoms with E-state index in [4.69, 9.17) is 23.9 Å². The minimum Gasteiger partial charge on any atom is -0.493 e. The molecule has 0 radical (unpaired) electrons. The fourth-order valence-electron chi connectivity index (χ4n) is 3.97. The molecule has 0 atom stereocenters. The van der Waals surface area contributed by atoms with E-state index >= 15 is 0 Å². The zero-order valence-electron chi connectivity index (χ0n) is 22.2. The second kappa shape index (κ2) is 10.4. The van der Waals surface area contributed by atoms with Gasteiger partial charge in [0.05, 0.1) is 44.5 Å². The van der Waals surface area contributed by atoms with E-state index in [1.165, 1.54) is 0 Å². The van der Waals surface area contributed by atoms with E-state index in [9.17, 15) is 4.79 Å². The standard InChI is InChI=1S/C28H32N4O5/c1-8-37-27(33)18-10-11-20-19(15-18)29-24(32(20)25-16-23(30-31-25)28(2,3)4)12-9-17-13-21(34-5)26(36-7)22(14-17)35-6/h9-16H,8H2,1-7H3,(H,30,31)/b12-9+. The maximum absolute atomic E-state index is 12.3. The van der Waals surface area contributed by atoms with Crippen LogP contribution in [0.2, 0.25) is 0 Å². The van der Waals surface area contributed by atoms with Crippen molar-refractivity contribution in [3.63, 3.8) is 0 Å². The molecule has 194 valence electrons. The SMILES string of the molecule is CCOC(=O)c1ccc2c(c1)nc(/C=C/c1cc(OC)c(OC)c(OC)c1)n2-c1cc(C(C)(C)C)[nH]n1. The van der Waals surface area contributed by atoms with Gasteiger partial charge in [-0.2, -0.15) is 5.10 Å². The molecule has 9 heteroatoms. The number of nitrogens with one attached hydrogen (secondary N) is 1. The van der Waals surface area contributed by atoms with Gasteiger partial charge in [-0.25, -0.2) is 9.78 Å². The fourth-order valence-corrected chi connectivity index (χ4v) is 3.97. The Bertz CT molecular complexity index is 1430. The number of aromatic nitrogens is 4. The Labute approximate surface area is 216 Å². The molecule has 4 aromatic rings. The number of carbonyl (C=O) groups excluding carboxylic acids is 1. The Hall–Kier alpha value is -4.27. The zero-order valence-corrected chi connectivity index (χ0v) is 22.2. The summed E-state index contributed by atoms with van der Waals surface area (Å²) in [6.45, 7) is 8.44. The van der Waals surface area contributed by atoms with Gasteiger partial charge < -0.3 is 18.9 Å². The number of hydrogen-bond donors (Lipinski definition) is 1. The van der Waals surface area contributed by atoms with Crippen molar-refractivity contribution in [2.45, 2.75) is 33.1 Å². The molecule has 0 bridgehead atoms. The molecular formula is C28H32N4O5. The van der Waals surface area contributed by atoms with Crippen molar-refractivity contribution in [3.05, 3.63) is 59.0 Å². The molecule has 0 saturated carbocycles. The molecule has 0 aliphatic heterocycles. The quantitative estimate of drug-likeness (QED) is 0.320. The van der Waals surface area contributed by atoms with Crippen LogP contribution in [0.15, 0.2) is 36.4 Å². The van der Waals surface area contributed by atoms with E-state index in [-0.39, 0.29) is 11.4 Å². The molecular weight excluding hydrogens is 472 g/mol. The number of rotatable bonds is 8. The average molecular weight is 505 g/mol. The summed E-state index contributed by atoms with van der Waals surface area (Å²) in [4.78, 5) is 17.2. The van der Waals surface area contributed by atoms with Gasteiger partial charge in [0.15, 0.2) is 17.3 Å². The zero-order chi connectivity index (χ0) is 26.7. The van der Waals surface area contributed by atoms with Crippen LogP contribution in [0.3, 0.4) is 0 Å². The van der Waals surface area contributed by atoms with Crippen molar-refractivity contribution in [1.29, 1.82) is 0 Å². The van der Waals surface area contributed by atoms with Crippen molar-refractivity contribution in [2.24, 2.45) is 0 Å². The van der Waals surface area contributed by atoms with Crippen LogP contribution >= 0.6 is 0 Å². The highest BCUT2D eigenvalue weighted by molar-refractivity contribution is 5.94. The number of H-pyrrole nitrogens is 1. The first-order chi connectivity index (χ1) is 17.7. The van der Waals surface area contributed by atoms with E-state index in [0.29, 0.717) is 46.6 Å². The smallest absolute Gasteiger partial charge is 0.338 e. The molecule has 0 aliphatic rings. The van der Waals surface area contributed by atoms with Crippen LogP contribution < -0.4 is 14.2 Å². The number of carbonyl (C=O) groups is 1. The Balaban J connectivity index is 1.85. The number of imidazole rings is 1. The van der Waals surface area contributed by atoms with E-state index in [2.05, 4.69) is 31.0 Å². The first-order valence-corrected chi connectivity index (χ1v) is 11.9. The number of fused-ring (bicyclic) bond motifs is 1. The van der Waals surface area contributed by atoms with Crippen molar-refractivity contribution in [1.82, 2.24) is 19.7 Å². The monoisotopic (exact) mass is 504 g/mol. The van der Waals surface area contributed by atoms with E-state index in [1.807, 2.05) is 41.0 Å². The molecule has 2 aromatic carbocycles. The molecule has 1 N–H and O–H groups in total. The second-order valence-electron chi connectivity index (χ2n) is 9.41.